The van der Waals surface area contributed by atoms with Gasteiger partial charge < -0.3 is 4.74 Å². The maximum absolute atomic E-state index is 12.7. The molecule has 2 nitrogen and oxygen atoms in total. The first kappa shape index (κ1) is 13.5. The Labute approximate surface area is 85.0 Å². The molecule has 0 aromatic rings. The van der Waals surface area contributed by atoms with Crippen molar-refractivity contribution < 1.29 is 17.7 Å². The molecule has 0 rings (SSSR count). The topological polar surface area (TPSA) is 26.3 Å². The lowest BCUT2D eigenvalue weighted by molar-refractivity contribution is -0.147. The largest absolute Gasteiger partial charge is 0.465 e. The minimum Gasteiger partial charge on any atom is -0.465 e. The van der Waals surface area contributed by atoms with Gasteiger partial charge in [0.2, 0.25) is 0 Å². The lowest BCUT2D eigenvalue weighted by Crippen LogP contribution is -2.25. The summed E-state index contributed by atoms with van der Waals surface area (Å²) in [5.41, 5.74) is 0. The summed E-state index contributed by atoms with van der Waals surface area (Å²) in [4.78, 5) is 11.2. The number of hydrogen-bond donors (Lipinski definition) is 0. The van der Waals surface area contributed by atoms with Crippen LogP contribution in [0.3, 0.4) is 0 Å². The minimum absolute atomic E-state index is 0.308. The number of hydrogen-bond acceptors (Lipinski definition) is 2. The number of carbonyl (C=O) groups is 1. The standard InChI is InChI=1S/C9H18F2O2Si/c1-4-5-6-13-9(12)8(2)7-14(3,10)11/h8H,4-7H2,1-3H3. The minimum atomic E-state index is -4.13. The van der Waals surface area contributed by atoms with Crippen LogP contribution in [0.15, 0.2) is 0 Å². The highest BCUT2D eigenvalue weighted by Gasteiger charge is 2.33. The maximum atomic E-state index is 12.7. The molecule has 0 N–H and O–H groups in total. The number of esters is 1. The van der Waals surface area contributed by atoms with Gasteiger partial charge in [0.05, 0.1) is 12.5 Å². The molecule has 1 atom stereocenters. The molecule has 0 saturated carbocycles. The SMILES string of the molecule is CCCCOC(=O)C(C)C[Si](C)(F)F. The molecule has 0 spiro atoms. The molecular formula is C9H18F2O2Si. The van der Waals surface area contributed by atoms with Crippen molar-refractivity contribution in [3.05, 3.63) is 0 Å². The first-order chi connectivity index (χ1) is 6.37. The van der Waals surface area contributed by atoms with E-state index in [1.807, 2.05) is 6.92 Å². The van der Waals surface area contributed by atoms with Gasteiger partial charge in [-0.15, -0.1) is 0 Å². The Balaban J connectivity index is 3.77. The Morgan fingerprint density at radius 2 is 2.07 bits per heavy atom. The van der Waals surface area contributed by atoms with Crippen LogP contribution in [-0.2, 0) is 9.53 Å². The van der Waals surface area contributed by atoms with Crippen molar-refractivity contribution in [2.45, 2.75) is 39.3 Å². The second-order valence-electron chi connectivity index (χ2n) is 3.70. The van der Waals surface area contributed by atoms with Gasteiger partial charge in [-0.05, 0) is 13.0 Å². The van der Waals surface area contributed by atoms with Crippen LogP contribution < -0.4 is 0 Å². The van der Waals surface area contributed by atoms with Crippen molar-refractivity contribution in [3.63, 3.8) is 0 Å². The van der Waals surface area contributed by atoms with Crippen LogP contribution in [0.2, 0.25) is 12.6 Å². The molecule has 84 valence electrons. The normalized spacial score (nSPS) is 13.8. The summed E-state index contributed by atoms with van der Waals surface area (Å²) in [5, 5.41) is 0. The molecule has 0 aromatic carbocycles. The molecule has 0 bridgehead atoms. The molecule has 0 amide bonds. The first-order valence-electron chi connectivity index (χ1n) is 4.91. The lowest BCUT2D eigenvalue weighted by Gasteiger charge is -2.13. The van der Waals surface area contributed by atoms with Gasteiger partial charge in [0.1, 0.15) is 0 Å². The predicted molar refractivity (Wildman–Crippen MR) is 53.7 cm³/mol. The van der Waals surface area contributed by atoms with E-state index in [4.69, 9.17) is 4.74 Å². The molecule has 1 unspecified atom stereocenters. The van der Waals surface area contributed by atoms with Gasteiger partial charge in [-0.2, -0.15) is 0 Å². The zero-order valence-electron chi connectivity index (χ0n) is 8.98. The van der Waals surface area contributed by atoms with Crippen molar-refractivity contribution in [2.75, 3.05) is 6.61 Å². The zero-order valence-corrected chi connectivity index (χ0v) is 9.98. The van der Waals surface area contributed by atoms with Crippen molar-refractivity contribution in [2.24, 2.45) is 5.92 Å². The van der Waals surface area contributed by atoms with Gasteiger partial charge >= 0.3 is 14.7 Å². The average Bonchev–Trinajstić information content (AvgIpc) is 2.01. The van der Waals surface area contributed by atoms with Gasteiger partial charge in [0, 0.05) is 6.04 Å². The average molecular weight is 224 g/mol. The van der Waals surface area contributed by atoms with E-state index >= 15 is 0 Å². The molecular weight excluding hydrogens is 206 g/mol. The smallest absolute Gasteiger partial charge is 0.422 e. The van der Waals surface area contributed by atoms with E-state index in [1.54, 1.807) is 0 Å². The number of rotatable bonds is 6. The van der Waals surface area contributed by atoms with Gasteiger partial charge in [0.25, 0.3) is 0 Å². The fourth-order valence-electron chi connectivity index (χ4n) is 1.08. The van der Waals surface area contributed by atoms with E-state index in [2.05, 4.69) is 0 Å². The van der Waals surface area contributed by atoms with Crippen LogP contribution >= 0.6 is 0 Å². The summed E-state index contributed by atoms with van der Waals surface area (Å²) < 4.78 is 30.1. The molecule has 0 heterocycles. The van der Waals surface area contributed by atoms with E-state index in [0.717, 1.165) is 19.4 Å². The second-order valence-corrected chi connectivity index (χ2v) is 6.25. The van der Waals surface area contributed by atoms with Gasteiger partial charge in [-0.25, -0.2) is 0 Å². The fourth-order valence-corrected chi connectivity index (χ4v) is 2.32. The highest BCUT2D eigenvalue weighted by atomic mass is 28.4. The Morgan fingerprint density at radius 3 is 2.50 bits per heavy atom. The van der Waals surface area contributed by atoms with Crippen molar-refractivity contribution in [1.29, 1.82) is 0 Å². The maximum Gasteiger partial charge on any atom is 0.422 e. The molecule has 5 heteroatoms. The lowest BCUT2D eigenvalue weighted by atomic mass is 10.2. The van der Waals surface area contributed by atoms with Crippen molar-refractivity contribution in [1.82, 2.24) is 0 Å². The van der Waals surface area contributed by atoms with E-state index in [1.165, 1.54) is 6.92 Å². The Bertz CT molecular complexity index is 180. The quantitative estimate of drug-likeness (QED) is 0.300. The fraction of sp³-hybridized carbons (Fsp3) is 0.889. The first-order valence-corrected chi connectivity index (χ1v) is 7.37. The Hall–Kier alpha value is -0.453. The van der Waals surface area contributed by atoms with Crippen LogP contribution in [-0.4, -0.2) is 21.3 Å². The van der Waals surface area contributed by atoms with E-state index in [-0.39, 0.29) is 6.04 Å². The third-order valence-electron chi connectivity index (χ3n) is 1.81. The zero-order chi connectivity index (χ0) is 11.2. The molecule has 0 radical (unpaired) electrons. The molecule has 0 aromatic heterocycles. The monoisotopic (exact) mass is 224 g/mol. The summed E-state index contributed by atoms with van der Waals surface area (Å²) in [6.07, 6.45) is 1.72. The van der Waals surface area contributed by atoms with Crippen LogP contribution in [0.5, 0.6) is 0 Å². The van der Waals surface area contributed by atoms with E-state index < -0.39 is 20.6 Å². The molecule has 0 fully saturated rings. The number of halogens is 2. The Morgan fingerprint density at radius 1 is 1.50 bits per heavy atom. The number of ether oxygens (including phenoxy) is 1. The van der Waals surface area contributed by atoms with Gasteiger partial charge in [-0.1, -0.05) is 20.3 Å². The van der Waals surface area contributed by atoms with Crippen LogP contribution in [0.4, 0.5) is 8.22 Å². The van der Waals surface area contributed by atoms with Crippen LogP contribution in [0.25, 0.3) is 0 Å². The van der Waals surface area contributed by atoms with E-state index in [9.17, 15) is 13.0 Å². The highest BCUT2D eigenvalue weighted by Crippen LogP contribution is 2.20. The van der Waals surface area contributed by atoms with Crippen molar-refractivity contribution in [3.8, 4) is 0 Å². The van der Waals surface area contributed by atoms with Crippen LogP contribution in [0.1, 0.15) is 26.7 Å². The molecule has 0 aliphatic rings. The molecule has 14 heavy (non-hydrogen) atoms. The highest BCUT2D eigenvalue weighted by molar-refractivity contribution is 6.64. The van der Waals surface area contributed by atoms with Crippen molar-refractivity contribution >= 4 is 14.7 Å². The molecule has 0 aliphatic carbocycles. The summed E-state index contributed by atoms with van der Waals surface area (Å²) in [6.45, 7) is 4.77. The summed E-state index contributed by atoms with van der Waals surface area (Å²) in [5.74, 6) is -1.16. The summed E-state index contributed by atoms with van der Waals surface area (Å²) in [7, 11) is -4.13. The van der Waals surface area contributed by atoms with Gasteiger partial charge in [0.15, 0.2) is 0 Å². The Kier molecular flexibility index (Phi) is 5.91. The summed E-state index contributed by atoms with van der Waals surface area (Å²) in [6, 6.07) is -0.308. The molecule has 0 aliphatic heterocycles. The number of unbranched alkanes of at least 4 members (excludes halogenated alkanes) is 1. The van der Waals surface area contributed by atoms with E-state index in [0.29, 0.717) is 6.61 Å². The summed E-state index contributed by atoms with van der Waals surface area (Å²) >= 11 is 0. The number of carbonyl (C=O) groups excluding carboxylic acids is 1. The molecule has 0 saturated heterocycles. The third-order valence-corrected chi connectivity index (χ3v) is 3.14. The predicted octanol–water partition coefficient (Wildman–Crippen LogP) is 2.98. The van der Waals surface area contributed by atoms with Crippen LogP contribution in [0, 0.1) is 5.92 Å². The second kappa shape index (κ2) is 6.11. The third kappa shape index (κ3) is 7.00. The van der Waals surface area contributed by atoms with Gasteiger partial charge in [-0.3, -0.25) is 13.0 Å².